The summed E-state index contributed by atoms with van der Waals surface area (Å²) in [4.78, 5) is 8.46. The third-order valence-corrected chi connectivity index (χ3v) is 3.75. The topological polar surface area (TPSA) is 75.3 Å². The summed E-state index contributed by atoms with van der Waals surface area (Å²) >= 11 is 0. The van der Waals surface area contributed by atoms with Gasteiger partial charge in [0, 0.05) is 26.6 Å². The maximum atomic E-state index is 5.09. The Labute approximate surface area is 134 Å². The highest BCUT2D eigenvalue weighted by atomic mass is 16.5. The smallest absolute Gasteiger partial charge is 0.226 e. The van der Waals surface area contributed by atoms with Crippen LogP contribution in [0.3, 0.4) is 0 Å². The van der Waals surface area contributed by atoms with Gasteiger partial charge in [0.25, 0.3) is 0 Å². The van der Waals surface area contributed by atoms with Crippen molar-refractivity contribution >= 4 is 5.96 Å². The number of rotatable bonds is 10. The fourth-order valence-corrected chi connectivity index (χ4v) is 2.29. The molecule has 1 atom stereocenters. The third-order valence-electron chi connectivity index (χ3n) is 3.75. The summed E-state index contributed by atoms with van der Waals surface area (Å²) in [6.07, 6.45) is 6.79. The summed E-state index contributed by atoms with van der Waals surface area (Å²) in [5, 5.41) is 10.5. The lowest BCUT2D eigenvalue weighted by Crippen LogP contribution is -2.40. The number of unbranched alkanes of at least 4 members (excludes halogenated alkanes) is 1. The zero-order chi connectivity index (χ0) is 16.2. The van der Waals surface area contributed by atoms with Crippen LogP contribution >= 0.6 is 0 Å². The Bertz CT molecular complexity index is 430. The van der Waals surface area contributed by atoms with Crippen molar-refractivity contribution < 1.29 is 4.52 Å². The highest BCUT2D eigenvalue weighted by molar-refractivity contribution is 5.79. The van der Waals surface area contributed by atoms with Crippen LogP contribution in [0.25, 0.3) is 0 Å². The Kier molecular flexibility index (Phi) is 9.26. The van der Waals surface area contributed by atoms with Crippen LogP contribution in [0.4, 0.5) is 0 Å². The van der Waals surface area contributed by atoms with E-state index in [0.717, 1.165) is 37.8 Å². The molecule has 0 saturated heterocycles. The van der Waals surface area contributed by atoms with Crippen LogP contribution in [0.15, 0.2) is 9.52 Å². The number of aryl methyl sites for hydroxylation is 2. The number of guanidine groups is 1. The molecule has 6 heteroatoms. The molecule has 0 saturated carbocycles. The van der Waals surface area contributed by atoms with Crippen molar-refractivity contribution in [2.75, 3.05) is 20.1 Å². The van der Waals surface area contributed by atoms with Gasteiger partial charge in [-0.25, -0.2) is 0 Å². The molecule has 1 rings (SSSR count). The zero-order valence-electron chi connectivity index (χ0n) is 14.5. The van der Waals surface area contributed by atoms with E-state index in [2.05, 4.69) is 39.6 Å². The van der Waals surface area contributed by atoms with Gasteiger partial charge in [0.15, 0.2) is 11.8 Å². The van der Waals surface area contributed by atoms with Gasteiger partial charge in [-0.3, -0.25) is 4.99 Å². The number of nitrogens with one attached hydrogen (secondary N) is 2. The van der Waals surface area contributed by atoms with Gasteiger partial charge < -0.3 is 15.2 Å². The van der Waals surface area contributed by atoms with Crippen LogP contribution in [0.5, 0.6) is 0 Å². The number of hydrogen-bond donors (Lipinski definition) is 2. The lowest BCUT2D eigenvalue weighted by molar-refractivity contribution is 0.372. The molecule has 0 spiro atoms. The van der Waals surface area contributed by atoms with Gasteiger partial charge in [-0.2, -0.15) is 4.98 Å². The predicted molar refractivity (Wildman–Crippen MR) is 90.0 cm³/mol. The van der Waals surface area contributed by atoms with Crippen LogP contribution in [0.2, 0.25) is 0 Å². The van der Waals surface area contributed by atoms with Gasteiger partial charge in [-0.15, -0.1) is 0 Å². The monoisotopic (exact) mass is 309 g/mol. The van der Waals surface area contributed by atoms with Crippen molar-refractivity contribution in [1.82, 2.24) is 20.8 Å². The van der Waals surface area contributed by atoms with E-state index in [4.69, 9.17) is 4.52 Å². The van der Waals surface area contributed by atoms with Gasteiger partial charge in [-0.05, 0) is 25.7 Å². The summed E-state index contributed by atoms with van der Waals surface area (Å²) in [7, 11) is 1.81. The van der Waals surface area contributed by atoms with E-state index in [1.165, 1.54) is 25.7 Å². The molecule has 0 radical (unpaired) electrons. The van der Waals surface area contributed by atoms with E-state index < -0.39 is 0 Å². The normalized spacial score (nSPS) is 13.2. The molecule has 2 N–H and O–H groups in total. The standard InChI is InChI=1S/C16H31N5O/c1-5-7-9-14(6-2)12-19-16(17-4)18-11-8-10-15-20-13(3)21-22-15/h14H,5-12H2,1-4H3,(H2,17,18,19). The average Bonchev–Trinajstić information content (AvgIpc) is 2.94. The minimum atomic E-state index is 0.693. The first-order valence-corrected chi connectivity index (χ1v) is 8.43. The largest absolute Gasteiger partial charge is 0.356 e. The van der Waals surface area contributed by atoms with Crippen molar-refractivity contribution in [1.29, 1.82) is 0 Å². The SMILES string of the molecule is CCCCC(CC)CNC(=NC)NCCCc1nc(C)no1. The lowest BCUT2D eigenvalue weighted by atomic mass is 9.99. The fraction of sp³-hybridized carbons (Fsp3) is 0.812. The van der Waals surface area contributed by atoms with E-state index >= 15 is 0 Å². The first-order valence-electron chi connectivity index (χ1n) is 8.43. The first-order chi connectivity index (χ1) is 10.7. The van der Waals surface area contributed by atoms with Crippen molar-refractivity contribution in [3.05, 3.63) is 11.7 Å². The summed E-state index contributed by atoms with van der Waals surface area (Å²) in [5.41, 5.74) is 0. The fourth-order valence-electron chi connectivity index (χ4n) is 2.29. The highest BCUT2D eigenvalue weighted by Gasteiger charge is 2.07. The number of aromatic nitrogens is 2. The predicted octanol–water partition coefficient (Wildman–Crippen LogP) is 2.69. The molecule has 22 heavy (non-hydrogen) atoms. The zero-order valence-corrected chi connectivity index (χ0v) is 14.5. The molecular weight excluding hydrogens is 278 g/mol. The Morgan fingerprint density at radius 2 is 2.09 bits per heavy atom. The summed E-state index contributed by atoms with van der Waals surface area (Å²) in [5.74, 6) is 2.99. The molecule has 1 aromatic rings. The molecule has 0 aliphatic rings. The molecule has 0 amide bonds. The summed E-state index contributed by atoms with van der Waals surface area (Å²) < 4.78 is 5.09. The van der Waals surface area contributed by atoms with E-state index in [-0.39, 0.29) is 0 Å². The minimum absolute atomic E-state index is 0.693. The molecule has 0 aliphatic heterocycles. The van der Waals surface area contributed by atoms with Crippen LogP contribution < -0.4 is 10.6 Å². The van der Waals surface area contributed by atoms with Crippen LogP contribution in [0.1, 0.15) is 57.7 Å². The summed E-state index contributed by atoms with van der Waals surface area (Å²) in [6.45, 7) is 8.15. The van der Waals surface area contributed by atoms with E-state index in [1.54, 1.807) is 0 Å². The highest BCUT2D eigenvalue weighted by Crippen LogP contribution is 2.11. The quantitative estimate of drug-likeness (QED) is 0.395. The Morgan fingerprint density at radius 1 is 1.27 bits per heavy atom. The third kappa shape index (κ3) is 7.43. The molecular formula is C16H31N5O. The second-order valence-electron chi connectivity index (χ2n) is 5.64. The minimum Gasteiger partial charge on any atom is -0.356 e. The molecule has 0 aromatic carbocycles. The molecule has 1 aromatic heterocycles. The number of nitrogens with zero attached hydrogens (tertiary/aromatic N) is 3. The van der Waals surface area contributed by atoms with E-state index in [9.17, 15) is 0 Å². The van der Waals surface area contributed by atoms with Crippen molar-refractivity contribution in [3.63, 3.8) is 0 Å². The molecule has 6 nitrogen and oxygen atoms in total. The van der Waals surface area contributed by atoms with Gasteiger partial charge in [0.05, 0.1) is 0 Å². The maximum absolute atomic E-state index is 5.09. The molecule has 1 unspecified atom stereocenters. The molecule has 126 valence electrons. The number of aliphatic imine (C=N–C) groups is 1. The second kappa shape index (κ2) is 11.0. The van der Waals surface area contributed by atoms with Crippen LogP contribution in [-0.2, 0) is 6.42 Å². The molecule has 1 heterocycles. The summed E-state index contributed by atoms with van der Waals surface area (Å²) in [6, 6.07) is 0. The van der Waals surface area contributed by atoms with Crippen molar-refractivity contribution in [2.45, 2.75) is 59.3 Å². The first kappa shape index (κ1) is 18.5. The van der Waals surface area contributed by atoms with Crippen LogP contribution in [-0.4, -0.2) is 36.2 Å². The Balaban J connectivity index is 2.18. The molecule has 0 bridgehead atoms. The lowest BCUT2D eigenvalue weighted by Gasteiger charge is -2.17. The molecule has 0 aliphatic carbocycles. The maximum Gasteiger partial charge on any atom is 0.226 e. The van der Waals surface area contributed by atoms with Crippen molar-refractivity contribution in [3.8, 4) is 0 Å². The average molecular weight is 309 g/mol. The Hall–Kier alpha value is -1.59. The Morgan fingerprint density at radius 3 is 2.68 bits per heavy atom. The second-order valence-corrected chi connectivity index (χ2v) is 5.64. The van der Waals surface area contributed by atoms with Crippen molar-refractivity contribution in [2.24, 2.45) is 10.9 Å². The van der Waals surface area contributed by atoms with Gasteiger partial charge in [-0.1, -0.05) is 38.3 Å². The van der Waals surface area contributed by atoms with Gasteiger partial charge in [0.1, 0.15) is 0 Å². The van der Waals surface area contributed by atoms with E-state index in [0.29, 0.717) is 11.7 Å². The molecule has 0 fully saturated rings. The van der Waals surface area contributed by atoms with Crippen LogP contribution in [0, 0.1) is 12.8 Å². The van der Waals surface area contributed by atoms with Gasteiger partial charge >= 0.3 is 0 Å². The van der Waals surface area contributed by atoms with Gasteiger partial charge in [0.2, 0.25) is 5.89 Å². The van der Waals surface area contributed by atoms with E-state index in [1.807, 2.05) is 14.0 Å². The number of hydrogen-bond acceptors (Lipinski definition) is 4.